The Kier molecular flexibility index (Phi) is 7.43. The molecule has 0 radical (unpaired) electrons. The molecular formula is C20H27FN2O6S. The summed E-state index contributed by atoms with van der Waals surface area (Å²) in [5, 5.41) is 2.84. The molecule has 0 spiro atoms. The van der Waals surface area contributed by atoms with Crippen LogP contribution >= 0.6 is 0 Å². The number of nitrogens with one attached hydrogen (secondary N) is 1. The molecule has 2 fully saturated rings. The van der Waals surface area contributed by atoms with Crippen molar-refractivity contribution in [2.24, 2.45) is 0 Å². The number of hydrogen-bond acceptors (Lipinski definition) is 6. The molecular weight excluding hydrogens is 415 g/mol. The van der Waals surface area contributed by atoms with E-state index in [-0.39, 0.29) is 37.2 Å². The van der Waals surface area contributed by atoms with Crippen LogP contribution in [0.25, 0.3) is 0 Å². The van der Waals surface area contributed by atoms with Crippen molar-refractivity contribution in [3.05, 3.63) is 29.6 Å². The number of hydrogen-bond donors (Lipinski definition) is 1. The van der Waals surface area contributed by atoms with Gasteiger partial charge in [0, 0.05) is 19.1 Å². The van der Waals surface area contributed by atoms with Crippen LogP contribution in [0.5, 0.6) is 0 Å². The van der Waals surface area contributed by atoms with E-state index in [1.165, 1.54) is 11.2 Å². The van der Waals surface area contributed by atoms with Crippen LogP contribution in [0, 0.1) is 5.82 Å². The lowest BCUT2D eigenvalue weighted by molar-refractivity contribution is -0.130. The van der Waals surface area contributed by atoms with Gasteiger partial charge in [-0.2, -0.15) is 4.31 Å². The Hall–Kier alpha value is -2.04. The highest BCUT2D eigenvalue weighted by molar-refractivity contribution is 7.89. The van der Waals surface area contributed by atoms with E-state index in [9.17, 15) is 22.4 Å². The molecule has 1 unspecified atom stereocenters. The van der Waals surface area contributed by atoms with E-state index in [4.69, 9.17) is 9.47 Å². The summed E-state index contributed by atoms with van der Waals surface area (Å²) >= 11 is 0. The van der Waals surface area contributed by atoms with Gasteiger partial charge in [-0.25, -0.2) is 17.6 Å². The summed E-state index contributed by atoms with van der Waals surface area (Å²) in [6.45, 7) is 2.30. The van der Waals surface area contributed by atoms with Gasteiger partial charge < -0.3 is 14.8 Å². The molecule has 1 saturated carbocycles. The fraction of sp³-hybridized carbons (Fsp3) is 0.600. The summed E-state index contributed by atoms with van der Waals surface area (Å²) in [6.07, 6.45) is 3.84. The fourth-order valence-corrected chi connectivity index (χ4v) is 5.04. The van der Waals surface area contributed by atoms with Crippen LogP contribution in [0.4, 0.5) is 4.39 Å². The minimum Gasteiger partial charge on any atom is -0.449 e. The average molecular weight is 443 g/mol. The maximum atomic E-state index is 14.2. The van der Waals surface area contributed by atoms with Crippen molar-refractivity contribution in [3.8, 4) is 0 Å². The van der Waals surface area contributed by atoms with Crippen LogP contribution in [-0.4, -0.2) is 63.0 Å². The Morgan fingerprint density at radius 1 is 1.20 bits per heavy atom. The third-order valence-electron chi connectivity index (χ3n) is 5.37. The number of nitrogens with zero attached hydrogens (tertiary/aromatic N) is 1. The third kappa shape index (κ3) is 5.35. The summed E-state index contributed by atoms with van der Waals surface area (Å²) in [5.74, 6) is -2.45. The monoisotopic (exact) mass is 442 g/mol. The smallest absolute Gasteiger partial charge is 0.341 e. The summed E-state index contributed by atoms with van der Waals surface area (Å²) in [7, 11) is -3.90. The molecule has 1 heterocycles. The Labute approximate surface area is 175 Å². The Bertz CT molecular complexity index is 879. The van der Waals surface area contributed by atoms with E-state index in [0.29, 0.717) is 0 Å². The first-order valence-electron chi connectivity index (χ1n) is 10.2. The SMILES string of the molecule is CC(OC(=O)c1cc(S(=O)(=O)N2CCOCC2)ccc1F)C(=O)NC1CCCCC1. The highest BCUT2D eigenvalue weighted by atomic mass is 32.2. The first-order chi connectivity index (χ1) is 14.3. The van der Waals surface area contributed by atoms with Crippen LogP contribution in [-0.2, 0) is 24.3 Å². The number of benzene rings is 1. The number of sulfonamides is 1. The number of halogens is 1. The molecule has 1 aliphatic carbocycles. The van der Waals surface area contributed by atoms with E-state index < -0.39 is 39.4 Å². The molecule has 1 saturated heterocycles. The number of amides is 1. The standard InChI is InChI=1S/C20H27FN2O6S/c1-14(19(24)22-15-5-3-2-4-6-15)29-20(25)17-13-16(7-8-18(17)21)30(26,27)23-9-11-28-12-10-23/h7-8,13-15H,2-6,9-12H2,1H3,(H,22,24). The normalized spacial score (nSPS) is 19.8. The summed E-state index contributed by atoms with van der Waals surface area (Å²) in [6, 6.07) is 3.02. The molecule has 3 rings (SSSR count). The van der Waals surface area contributed by atoms with Gasteiger partial charge >= 0.3 is 5.97 Å². The summed E-state index contributed by atoms with van der Waals surface area (Å²) < 4.78 is 51.2. The average Bonchev–Trinajstić information content (AvgIpc) is 2.75. The van der Waals surface area contributed by atoms with Crippen LogP contribution in [0.2, 0.25) is 0 Å². The molecule has 166 valence electrons. The van der Waals surface area contributed by atoms with Gasteiger partial charge in [0.1, 0.15) is 5.82 Å². The highest BCUT2D eigenvalue weighted by Crippen LogP contribution is 2.22. The van der Waals surface area contributed by atoms with Crippen LogP contribution < -0.4 is 5.32 Å². The summed E-state index contributed by atoms with van der Waals surface area (Å²) in [4.78, 5) is 24.5. The largest absolute Gasteiger partial charge is 0.449 e. The van der Waals surface area contributed by atoms with Gasteiger partial charge in [-0.15, -0.1) is 0 Å². The first kappa shape index (κ1) is 22.6. The lowest BCUT2D eigenvalue weighted by atomic mass is 9.95. The lowest BCUT2D eigenvalue weighted by Gasteiger charge is -2.26. The molecule has 1 amide bonds. The van der Waals surface area contributed by atoms with Crippen molar-refractivity contribution in [2.45, 2.75) is 56.1 Å². The molecule has 30 heavy (non-hydrogen) atoms. The first-order valence-corrected chi connectivity index (χ1v) is 11.6. The molecule has 2 aliphatic rings. The number of carbonyl (C=O) groups is 2. The van der Waals surface area contributed by atoms with Crippen molar-refractivity contribution in [1.29, 1.82) is 0 Å². The van der Waals surface area contributed by atoms with Gasteiger partial charge in [-0.05, 0) is 38.0 Å². The molecule has 0 aromatic heterocycles. The molecule has 8 nitrogen and oxygen atoms in total. The number of morpholine rings is 1. The zero-order valence-electron chi connectivity index (χ0n) is 16.9. The molecule has 1 atom stereocenters. The van der Waals surface area contributed by atoms with E-state index in [2.05, 4.69) is 5.32 Å². The summed E-state index contributed by atoms with van der Waals surface area (Å²) in [5.41, 5.74) is -0.526. The minimum absolute atomic E-state index is 0.0473. The van der Waals surface area contributed by atoms with E-state index >= 15 is 0 Å². The third-order valence-corrected chi connectivity index (χ3v) is 7.26. The Morgan fingerprint density at radius 3 is 2.53 bits per heavy atom. The zero-order valence-corrected chi connectivity index (χ0v) is 17.8. The quantitative estimate of drug-likeness (QED) is 0.675. The molecule has 10 heteroatoms. The van der Waals surface area contributed by atoms with Gasteiger partial charge in [0.15, 0.2) is 6.10 Å². The van der Waals surface area contributed by atoms with Gasteiger partial charge in [0.05, 0.1) is 23.7 Å². The van der Waals surface area contributed by atoms with Gasteiger partial charge in [0.25, 0.3) is 5.91 Å². The van der Waals surface area contributed by atoms with E-state index in [0.717, 1.165) is 50.3 Å². The number of carbonyl (C=O) groups excluding carboxylic acids is 2. The van der Waals surface area contributed by atoms with E-state index in [1.807, 2.05) is 0 Å². The van der Waals surface area contributed by atoms with Crippen molar-refractivity contribution < 1.29 is 31.9 Å². The molecule has 1 aromatic rings. The van der Waals surface area contributed by atoms with Crippen LogP contribution in [0.3, 0.4) is 0 Å². The van der Waals surface area contributed by atoms with Crippen molar-refractivity contribution in [2.75, 3.05) is 26.3 Å². The Morgan fingerprint density at radius 2 is 1.87 bits per heavy atom. The van der Waals surface area contributed by atoms with Crippen molar-refractivity contribution in [1.82, 2.24) is 9.62 Å². The van der Waals surface area contributed by atoms with Crippen LogP contribution in [0.15, 0.2) is 23.1 Å². The highest BCUT2D eigenvalue weighted by Gasteiger charge is 2.29. The second kappa shape index (κ2) is 9.84. The topological polar surface area (TPSA) is 102 Å². The Balaban J connectivity index is 1.69. The molecule has 0 bridgehead atoms. The zero-order chi connectivity index (χ0) is 21.7. The van der Waals surface area contributed by atoms with E-state index in [1.54, 1.807) is 0 Å². The number of esters is 1. The maximum absolute atomic E-state index is 14.2. The van der Waals surface area contributed by atoms with Gasteiger partial charge in [-0.1, -0.05) is 19.3 Å². The van der Waals surface area contributed by atoms with Crippen LogP contribution in [0.1, 0.15) is 49.4 Å². The molecule has 1 N–H and O–H groups in total. The second-order valence-electron chi connectivity index (χ2n) is 7.55. The predicted octanol–water partition coefficient (Wildman–Crippen LogP) is 1.84. The number of rotatable bonds is 6. The number of ether oxygens (including phenoxy) is 2. The second-order valence-corrected chi connectivity index (χ2v) is 9.49. The van der Waals surface area contributed by atoms with Gasteiger partial charge in [0.2, 0.25) is 10.0 Å². The molecule has 1 aliphatic heterocycles. The fourth-order valence-electron chi connectivity index (χ4n) is 3.60. The lowest BCUT2D eigenvalue weighted by Crippen LogP contribution is -2.43. The predicted molar refractivity (Wildman–Crippen MR) is 106 cm³/mol. The van der Waals surface area contributed by atoms with Crippen molar-refractivity contribution in [3.63, 3.8) is 0 Å². The minimum atomic E-state index is -3.90. The van der Waals surface area contributed by atoms with Crippen molar-refractivity contribution >= 4 is 21.9 Å². The maximum Gasteiger partial charge on any atom is 0.341 e. The van der Waals surface area contributed by atoms with Gasteiger partial charge in [-0.3, -0.25) is 4.79 Å². The molecule has 1 aromatic carbocycles.